The molecule has 0 radical (unpaired) electrons. The first-order chi connectivity index (χ1) is 9.61. The Kier molecular flexibility index (Phi) is 4.57. The van der Waals surface area contributed by atoms with Crippen LogP contribution in [0.15, 0.2) is 12.4 Å². The van der Waals surface area contributed by atoms with Crippen molar-refractivity contribution in [3.8, 4) is 0 Å². The zero-order valence-electron chi connectivity index (χ0n) is 11.4. The lowest BCUT2D eigenvalue weighted by molar-refractivity contribution is -0.137. The minimum absolute atomic E-state index is 0.257. The minimum Gasteiger partial charge on any atom is -0.480 e. The molecule has 1 aromatic rings. The molecule has 20 heavy (non-hydrogen) atoms. The Morgan fingerprint density at radius 2 is 2.30 bits per heavy atom. The number of hydrogen-bond acceptors (Lipinski definition) is 4. The Bertz CT molecular complexity index is 488. The highest BCUT2D eigenvalue weighted by atomic mass is 16.5. The lowest BCUT2D eigenvalue weighted by atomic mass is 10.3. The highest BCUT2D eigenvalue weighted by Crippen LogP contribution is 2.12. The van der Waals surface area contributed by atoms with E-state index in [0.29, 0.717) is 26.2 Å². The molecular formula is C12H18N4O4. The summed E-state index contributed by atoms with van der Waals surface area (Å²) in [6.07, 6.45) is 3.57. The van der Waals surface area contributed by atoms with Crippen molar-refractivity contribution < 1.29 is 19.4 Å². The summed E-state index contributed by atoms with van der Waals surface area (Å²) in [7, 11) is 1.52. The number of carbonyl (C=O) groups is 2. The second-order valence-electron chi connectivity index (χ2n) is 4.55. The van der Waals surface area contributed by atoms with Gasteiger partial charge in [-0.15, -0.1) is 0 Å². The molecule has 8 nitrogen and oxygen atoms in total. The van der Waals surface area contributed by atoms with Gasteiger partial charge < -0.3 is 24.2 Å². The molecule has 0 saturated carbocycles. The van der Waals surface area contributed by atoms with E-state index in [-0.39, 0.29) is 19.1 Å². The molecular weight excluding hydrogens is 264 g/mol. The van der Waals surface area contributed by atoms with Crippen molar-refractivity contribution >= 4 is 12.0 Å². The second-order valence-corrected chi connectivity index (χ2v) is 4.55. The Morgan fingerprint density at radius 3 is 3.00 bits per heavy atom. The van der Waals surface area contributed by atoms with Crippen LogP contribution in [-0.2, 0) is 22.6 Å². The highest BCUT2D eigenvalue weighted by molar-refractivity contribution is 5.80. The Morgan fingerprint density at radius 1 is 1.50 bits per heavy atom. The first-order valence-electron chi connectivity index (χ1n) is 6.36. The maximum atomic E-state index is 12.4. The van der Waals surface area contributed by atoms with E-state index in [9.17, 15) is 9.59 Å². The fourth-order valence-corrected chi connectivity index (χ4v) is 2.14. The highest BCUT2D eigenvalue weighted by Gasteiger charge is 2.26. The predicted molar refractivity (Wildman–Crippen MR) is 69.1 cm³/mol. The van der Waals surface area contributed by atoms with E-state index >= 15 is 0 Å². The molecule has 1 N–H and O–H groups in total. The maximum absolute atomic E-state index is 12.4. The number of carbonyl (C=O) groups excluding carboxylic acids is 1. The van der Waals surface area contributed by atoms with Crippen LogP contribution in [0.2, 0.25) is 0 Å². The molecule has 2 amide bonds. The SMILES string of the molecule is COCCN(CC(=O)O)C(=O)N1CCn2ccnc2C1. The van der Waals surface area contributed by atoms with Gasteiger partial charge >= 0.3 is 12.0 Å². The van der Waals surface area contributed by atoms with Gasteiger partial charge in [-0.25, -0.2) is 9.78 Å². The molecule has 0 unspecified atom stereocenters. The van der Waals surface area contributed by atoms with E-state index in [2.05, 4.69) is 4.98 Å². The van der Waals surface area contributed by atoms with E-state index in [4.69, 9.17) is 9.84 Å². The van der Waals surface area contributed by atoms with Crippen molar-refractivity contribution in [2.75, 3.05) is 33.4 Å². The van der Waals surface area contributed by atoms with Crippen LogP contribution in [0.4, 0.5) is 4.79 Å². The van der Waals surface area contributed by atoms with Gasteiger partial charge in [0, 0.05) is 39.1 Å². The standard InChI is InChI=1S/C12H18N4O4/c1-20-7-6-16(9-11(17)18)12(19)15-5-4-14-3-2-13-10(14)8-15/h2-3H,4-9H2,1H3,(H,17,18). The molecule has 1 aromatic heterocycles. The molecule has 2 heterocycles. The maximum Gasteiger partial charge on any atom is 0.323 e. The van der Waals surface area contributed by atoms with Gasteiger partial charge in [0.05, 0.1) is 13.2 Å². The van der Waals surface area contributed by atoms with Crippen LogP contribution in [0.5, 0.6) is 0 Å². The van der Waals surface area contributed by atoms with Crippen LogP contribution in [-0.4, -0.2) is 69.8 Å². The largest absolute Gasteiger partial charge is 0.480 e. The number of hydrogen-bond donors (Lipinski definition) is 1. The molecule has 0 spiro atoms. The van der Waals surface area contributed by atoms with Gasteiger partial charge in [0.1, 0.15) is 12.4 Å². The zero-order valence-corrected chi connectivity index (χ0v) is 11.4. The summed E-state index contributed by atoms with van der Waals surface area (Å²) in [5.74, 6) is -0.223. The summed E-state index contributed by atoms with van der Waals surface area (Å²) in [6.45, 7) is 1.85. The third-order valence-electron chi connectivity index (χ3n) is 3.18. The van der Waals surface area contributed by atoms with Crippen LogP contribution in [0.25, 0.3) is 0 Å². The van der Waals surface area contributed by atoms with Crippen LogP contribution >= 0.6 is 0 Å². The number of rotatable bonds is 5. The van der Waals surface area contributed by atoms with Gasteiger partial charge in [-0.1, -0.05) is 0 Å². The van der Waals surface area contributed by atoms with E-state index in [1.54, 1.807) is 11.1 Å². The van der Waals surface area contributed by atoms with Gasteiger partial charge in [-0.2, -0.15) is 0 Å². The van der Waals surface area contributed by atoms with Gasteiger partial charge in [0.15, 0.2) is 0 Å². The van der Waals surface area contributed by atoms with Gasteiger partial charge in [0.2, 0.25) is 0 Å². The number of urea groups is 1. The molecule has 0 bridgehead atoms. The van der Waals surface area contributed by atoms with Crippen molar-refractivity contribution in [1.29, 1.82) is 0 Å². The third-order valence-corrected chi connectivity index (χ3v) is 3.18. The summed E-state index contributed by atoms with van der Waals surface area (Å²) in [5.41, 5.74) is 0. The van der Waals surface area contributed by atoms with Crippen LogP contribution in [0, 0.1) is 0 Å². The Hall–Kier alpha value is -2.09. The van der Waals surface area contributed by atoms with Crippen LogP contribution < -0.4 is 0 Å². The average molecular weight is 282 g/mol. The molecule has 0 atom stereocenters. The second kappa shape index (κ2) is 6.38. The van der Waals surface area contributed by atoms with E-state index in [1.165, 1.54) is 12.0 Å². The first kappa shape index (κ1) is 14.3. The number of carboxylic acid groups (broad SMARTS) is 1. The summed E-state index contributed by atoms with van der Waals surface area (Å²) in [6, 6.07) is -0.293. The molecule has 0 saturated heterocycles. The number of methoxy groups -OCH3 is 1. The van der Waals surface area contributed by atoms with E-state index in [1.807, 2.05) is 10.8 Å². The van der Waals surface area contributed by atoms with Crippen LogP contribution in [0.1, 0.15) is 5.82 Å². The number of nitrogens with zero attached hydrogens (tertiary/aromatic N) is 4. The quantitative estimate of drug-likeness (QED) is 0.811. The summed E-state index contributed by atoms with van der Waals surface area (Å²) >= 11 is 0. The summed E-state index contributed by atoms with van der Waals surface area (Å²) in [5, 5.41) is 8.89. The molecule has 0 fully saturated rings. The third kappa shape index (κ3) is 3.27. The number of carboxylic acids is 1. The van der Waals surface area contributed by atoms with Gasteiger partial charge in [0.25, 0.3) is 0 Å². The predicted octanol–water partition coefficient (Wildman–Crippen LogP) is -0.148. The Balaban J connectivity index is 2.02. The van der Waals surface area contributed by atoms with Crippen molar-refractivity contribution in [2.45, 2.75) is 13.1 Å². The summed E-state index contributed by atoms with van der Waals surface area (Å²) in [4.78, 5) is 30.3. The van der Waals surface area contributed by atoms with Crippen molar-refractivity contribution in [1.82, 2.24) is 19.4 Å². The topological polar surface area (TPSA) is 87.9 Å². The number of imidazole rings is 1. The molecule has 110 valence electrons. The number of aliphatic carboxylic acids is 1. The number of amides is 2. The van der Waals surface area contributed by atoms with Gasteiger partial charge in [-0.3, -0.25) is 4.79 Å². The fraction of sp³-hybridized carbons (Fsp3) is 0.583. The zero-order chi connectivity index (χ0) is 14.5. The Labute approximate surface area is 116 Å². The fourth-order valence-electron chi connectivity index (χ4n) is 2.14. The van der Waals surface area contributed by atoms with Crippen LogP contribution in [0.3, 0.4) is 0 Å². The monoisotopic (exact) mass is 282 g/mol. The van der Waals surface area contributed by atoms with Gasteiger partial charge in [-0.05, 0) is 0 Å². The molecule has 2 rings (SSSR count). The lowest BCUT2D eigenvalue weighted by Gasteiger charge is -2.32. The van der Waals surface area contributed by atoms with Crippen molar-refractivity contribution in [3.63, 3.8) is 0 Å². The first-order valence-corrected chi connectivity index (χ1v) is 6.36. The number of ether oxygens (including phenoxy) is 1. The average Bonchev–Trinajstić information content (AvgIpc) is 2.89. The number of fused-ring (bicyclic) bond motifs is 1. The lowest BCUT2D eigenvalue weighted by Crippen LogP contribution is -2.49. The molecule has 8 heteroatoms. The minimum atomic E-state index is -1.03. The smallest absolute Gasteiger partial charge is 0.323 e. The molecule has 0 aliphatic carbocycles. The number of aromatic nitrogens is 2. The molecule has 1 aliphatic heterocycles. The van der Waals surface area contributed by atoms with Crippen molar-refractivity contribution in [2.24, 2.45) is 0 Å². The molecule has 0 aromatic carbocycles. The normalized spacial score (nSPS) is 13.9. The van der Waals surface area contributed by atoms with Crippen molar-refractivity contribution in [3.05, 3.63) is 18.2 Å². The molecule has 1 aliphatic rings. The van der Waals surface area contributed by atoms with E-state index in [0.717, 1.165) is 5.82 Å². The van der Waals surface area contributed by atoms with E-state index < -0.39 is 5.97 Å². The summed E-state index contributed by atoms with van der Waals surface area (Å²) < 4.78 is 6.90.